The zero-order chi connectivity index (χ0) is 34.7. The van der Waals surface area contributed by atoms with Crippen LogP contribution in [0.25, 0.3) is 22.0 Å². The number of nitrogen functional groups attached to an aromatic ring is 1. The van der Waals surface area contributed by atoms with E-state index in [1.807, 2.05) is 30.9 Å². The van der Waals surface area contributed by atoms with Crippen molar-refractivity contribution in [2.24, 2.45) is 5.41 Å². The van der Waals surface area contributed by atoms with Crippen molar-refractivity contribution in [2.75, 3.05) is 69.7 Å². The zero-order valence-corrected chi connectivity index (χ0v) is 27.9. The van der Waals surface area contributed by atoms with Gasteiger partial charge < -0.3 is 30.4 Å². The first-order chi connectivity index (χ1) is 23.4. The van der Waals surface area contributed by atoms with E-state index in [-0.39, 0.29) is 23.0 Å². The first kappa shape index (κ1) is 33.3. The second kappa shape index (κ2) is 12.6. The van der Waals surface area contributed by atoms with Gasteiger partial charge in [-0.15, -0.1) is 0 Å². The Morgan fingerprint density at radius 2 is 1.90 bits per heavy atom. The minimum absolute atomic E-state index is 0.000925. The van der Waals surface area contributed by atoms with Gasteiger partial charge in [0.15, 0.2) is 12.4 Å². The van der Waals surface area contributed by atoms with E-state index in [0.29, 0.717) is 96.8 Å². The third kappa shape index (κ3) is 6.01. The number of aromatic nitrogens is 2. The molecule has 260 valence electrons. The Balaban J connectivity index is 1.37. The Labute approximate surface area is 283 Å². The number of fused-ring (bicyclic) bond motifs is 1. The molecule has 3 N–H and O–H groups in total. The number of carbonyl (C=O) groups excluding carboxylic acids is 1. The maximum atomic E-state index is 13.9. The van der Waals surface area contributed by atoms with Crippen LogP contribution in [-0.4, -0.2) is 103 Å². The SMILES string of the molecule is C=CC(=O)N1CC2(CCN(c3nc(C4CN(C5COC5)C4)nc4c(OCC(F)(F)F)c(-c5c(C)ccc(N)c5C=N)c(CC)cc34)CC2)C1. The molecule has 10 nitrogen and oxygen atoms in total. The minimum atomic E-state index is -4.59. The molecular formula is C36H42F3N7O3. The molecule has 4 aliphatic heterocycles. The fraction of sp³-hybridized carbons (Fsp3) is 0.500. The van der Waals surface area contributed by atoms with Gasteiger partial charge in [0.25, 0.3) is 0 Å². The molecule has 4 fully saturated rings. The maximum absolute atomic E-state index is 13.9. The summed E-state index contributed by atoms with van der Waals surface area (Å²) in [6.45, 7) is 11.5. The van der Waals surface area contributed by atoms with E-state index in [1.54, 1.807) is 6.07 Å². The highest BCUT2D eigenvalue weighted by molar-refractivity contribution is 6.04. The molecule has 0 radical (unpaired) electrons. The number of carbonyl (C=O) groups is 1. The topological polar surface area (TPSA) is 121 Å². The first-order valence-electron chi connectivity index (χ1n) is 16.9. The highest BCUT2D eigenvalue weighted by Gasteiger charge is 2.47. The Morgan fingerprint density at radius 3 is 2.49 bits per heavy atom. The van der Waals surface area contributed by atoms with Gasteiger partial charge in [-0.1, -0.05) is 19.6 Å². The summed E-state index contributed by atoms with van der Waals surface area (Å²) in [6.07, 6.45) is 0.0998. The molecule has 0 unspecified atom stereocenters. The molecule has 0 atom stereocenters. The molecule has 2 aromatic carbocycles. The predicted molar refractivity (Wildman–Crippen MR) is 183 cm³/mol. The van der Waals surface area contributed by atoms with Crippen molar-refractivity contribution in [3.05, 3.63) is 53.4 Å². The molecule has 0 bridgehead atoms. The van der Waals surface area contributed by atoms with Gasteiger partial charge in [0.2, 0.25) is 5.91 Å². The summed E-state index contributed by atoms with van der Waals surface area (Å²) in [5.74, 6) is 1.24. The monoisotopic (exact) mass is 677 g/mol. The van der Waals surface area contributed by atoms with Crippen LogP contribution in [0.5, 0.6) is 5.75 Å². The number of halogens is 3. The highest BCUT2D eigenvalue weighted by Crippen LogP contribution is 2.48. The summed E-state index contributed by atoms with van der Waals surface area (Å²) >= 11 is 0. The number of piperidine rings is 1. The van der Waals surface area contributed by atoms with E-state index >= 15 is 0 Å². The molecule has 7 rings (SSSR count). The van der Waals surface area contributed by atoms with E-state index in [0.717, 1.165) is 43.3 Å². The van der Waals surface area contributed by atoms with Crippen LogP contribution in [0.4, 0.5) is 24.7 Å². The van der Waals surface area contributed by atoms with E-state index in [2.05, 4.69) is 16.4 Å². The number of rotatable bonds is 9. The van der Waals surface area contributed by atoms with Gasteiger partial charge in [0, 0.05) is 79.0 Å². The Hall–Kier alpha value is -4.23. The van der Waals surface area contributed by atoms with E-state index < -0.39 is 12.8 Å². The number of alkyl halides is 3. The third-order valence-corrected chi connectivity index (χ3v) is 10.7. The second-order valence-corrected chi connectivity index (χ2v) is 13.9. The van der Waals surface area contributed by atoms with Crippen molar-refractivity contribution in [3.63, 3.8) is 0 Å². The zero-order valence-electron chi connectivity index (χ0n) is 27.9. The number of ether oxygens (including phenoxy) is 2. The fourth-order valence-corrected chi connectivity index (χ4v) is 7.76. The van der Waals surface area contributed by atoms with Gasteiger partial charge in [0.1, 0.15) is 17.2 Å². The van der Waals surface area contributed by atoms with Crippen LogP contribution in [0.2, 0.25) is 0 Å². The van der Waals surface area contributed by atoms with Gasteiger partial charge in [0.05, 0.1) is 19.3 Å². The number of benzene rings is 2. The summed E-state index contributed by atoms with van der Waals surface area (Å²) in [6, 6.07) is 5.86. The summed E-state index contributed by atoms with van der Waals surface area (Å²) in [7, 11) is 0. The molecule has 4 aliphatic rings. The molecule has 49 heavy (non-hydrogen) atoms. The molecule has 1 amide bonds. The Morgan fingerprint density at radius 1 is 1.18 bits per heavy atom. The lowest BCUT2D eigenvalue weighted by atomic mass is 9.72. The fourth-order valence-electron chi connectivity index (χ4n) is 7.76. The molecule has 0 aliphatic carbocycles. The number of aryl methyl sites for hydroxylation is 2. The van der Waals surface area contributed by atoms with Crippen molar-refractivity contribution in [3.8, 4) is 16.9 Å². The average Bonchev–Trinajstić information content (AvgIpc) is 3.02. The van der Waals surface area contributed by atoms with Crippen LogP contribution in [-0.2, 0) is 16.0 Å². The summed E-state index contributed by atoms with van der Waals surface area (Å²) in [4.78, 5) is 28.7. The normalized spacial score (nSPS) is 19.8. The minimum Gasteiger partial charge on any atom is -0.481 e. The molecule has 4 saturated heterocycles. The number of nitrogens with zero attached hydrogens (tertiary/aromatic N) is 5. The Bertz CT molecular complexity index is 1800. The summed E-state index contributed by atoms with van der Waals surface area (Å²) in [5.41, 5.74) is 10.0. The lowest BCUT2D eigenvalue weighted by Gasteiger charge is -2.54. The maximum Gasteiger partial charge on any atom is 0.422 e. The van der Waals surface area contributed by atoms with Crippen LogP contribution in [0, 0.1) is 17.7 Å². The first-order valence-corrected chi connectivity index (χ1v) is 16.9. The van der Waals surface area contributed by atoms with Gasteiger partial charge >= 0.3 is 6.18 Å². The van der Waals surface area contributed by atoms with Crippen LogP contribution in [0.1, 0.15) is 48.2 Å². The number of hydrogen-bond donors (Lipinski definition) is 2. The number of likely N-dealkylation sites (tertiary alicyclic amines) is 2. The van der Waals surface area contributed by atoms with Gasteiger partial charge in [-0.2, -0.15) is 13.2 Å². The van der Waals surface area contributed by atoms with Crippen molar-refractivity contribution in [1.29, 1.82) is 5.41 Å². The van der Waals surface area contributed by atoms with Gasteiger partial charge in [-0.3, -0.25) is 9.69 Å². The van der Waals surface area contributed by atoms with Crippen molar-refractivity contribution >= 4 is 34.5 Å². The summed E-state index contributed by atoms with van der Waals surface area (Å²) < 4.78 is 52.9. The third-order valence-electron chi connectivity index (χ3n) is 10.7. The van der Waals surface area contributed by atoms with E-state index in [1.165, 1.54) is 6.08 Å². The number of amides is 1. The number of anilines is 2. The van der Waals surface area contributed by atoms with Crippen LogP contribution in [0.3, 0.4) is 0 Å². The molecule has 13 heteroatoms. The average molecular weight is 678 g/mol. The van der Waals surface area contributed by atoms with Crippen molar-refractivity contribution in [2.45, 2.75) is 51.2 Å². The van der Waals surface area contributed by atoms with Crippen LogP contribution in [0.15, 0.2) is 30.9 Å². The van der Waals surface area contributed by atoms with E-state index in [4.69, 9.17) is 30.6 Å². The largest absolute Gasteiger partial charge is 0.481 e. The number of nitrogens with two attached hydrogens (primary N) is 1. The van der Waals surface area contributed by atoms with Crippen molar-refractivity contribution in [1.82, 2.24) is 19.8 Å². The standard InChI is InChI=1S/C36H42F3N7O3/c1-4-22-12-25-31(32(49-20-36(37,38)39)30(22)29-21(3)6-7-27(41)26(29)13-40)42-33(23-14-45(15-23)24-16-48-17-24)43-34(25)44-10-8-35(9-11-44)18-46(19-35)28(47)5-2/h5-7,12-13,23-24,40H,2,4,8-11,14-20,41H2,1,3H3. The number of hydrogen-bond acceptors (Lipinski definition) is 9. The van der Waals surface area contributed by atoms with Gasteiger partial charge in [-0.25, -0.2) is 9.97 Å². The molecule has 5 heterocycles. The highest BCUT2D eigenvalue weighted by atomic mass is 19.4. The molecule has 1 aromatic heterocycles. The van der Waals surface area contributed by atoms with Gasteiger partial charge in [-0.05, 0) is 61.1 Å². The van der Waals surface area contributed by atoms with Crippen molar-refractivity contribution < 1.29 is 27.4 Å². The molecule has 3 aromatic rings. The molecule has 0 saturated carbocycles. The van der Waals surface area contributed by atoms with Crippen LogP contribution >= 0.6 is 0 Å². The molecule has 1 spiro atoms. The quantitative estimate of drug-likeness (QED) is 0.182. The molecular weight excluding hydrogens is 635 g/mol. The lowest BCUT2D eigenvalue weighted by molar-refractivity contribution is -0.153. The number of nitrogens with one attached hydrogen (secondary N) is 1. The second-order valence-electron chi connectivity index (χ2n) is 13.9. The summed E-state index contributed by atoms with van der Waals surface area (Å²) in [5, 5.41) is 8.84. The Kier molecular flexibility index (Phi) is 8.54. The smallest absolute Gasteiger partial charge is 0.422 e. The predicted octanol–water partition coefficient (Wildman–Crippen LogP) is 5.10. The van der Waals surface area contributed by atoms with E-state index in [9.17, 15) is 18.0 Å². The lowest BCUT2D eigenvalue weighted by Crippen LogP contribution is -2.61. The van der Waals surface area contributed by atoms with Crippen LogP contribution < -0.4 is 15.4 Å².